The van der Waals surface area contributed by atoms with Gasteiger partial charge in [0.05, 0.1) is 0 Å². The second kappa shape index (κ2) is 6.03. The van der Waals surface area contributed by atoms with E-state index in [1.165, 1.54) is 0 Å². The molecule has 1 unspecified atom stereocenters. The number of benzene rings is 1. The Bertz CT molecular complexity index is 453. The Morgan fingerprint density at radius 1 is 1.50 bits per heavy atom. The molecule has 1 heterocycles. The van der Waals surface area contributed by atoms with Gasteiger partial charge in [-0.1, -0.05) is 29.8 Å². The van der Waals surface area contributed by atoms with Gasteiger partial charge in [-0.25, -0.2) is 0 Å². The summed E-state index contributed by atoms with van der Waals surface area (Å²) < 4.78 is 0. The van der Waals surface area contributed by atoms with Gasteiger partial charge in [-0.15, -0.1) is 0 Å². The highest BCUT2D eigenvalue weighted by Crippen LogP contribution is 2.16. The summed E-state index contributed by atoms with van der Waals surface area (Å²) in [5.74, 6) is 0.0172. The van der Waals surface area contributed by atoms with Crippen molar-refractivity contribution in [2.24, 2.45) is 0 Å². The maximum atomic E-state index is 12.0. The zero-order valence-electron chi connectivity index (χ0n) is 10.4. The molecule has 1 aliphatic rings. The van der Waals surface area contributed by atoms with Crippen molar-refractivity contribution in [2.75, 3.05) is 20.1 Å². The summed E-state index contributed by atoms with van der Waals surface area (Å²) in [6, 6.07) is 7.78. The van der Waals surface area contributed by atoms with Gasteiger partial charge in [-0.2, -0.15) is 0 Å². The molecule has 0 aromatic heterocycles. The Labute approximate surface area is 112 Å². The van der Waals surface area contributed by atoms with Gasteiger partial charge in [-0.3, -0.25) is 4.79 Å². The van der Waals surface area contributed by atoms with Crippen molar-refractivity contribution >= 4 is 23.6 Å². The van der Waals surface area contributed by atoms with Crippen LogP contribution in [0.15, 0.2) is 30.3 Å². The summed E-state index contributed by atoms with van der Waals surface area (Å²) in [5, 5.41) is 3.91. The van der Waals surface area contributed by atoms with Gasteiger partial charge >= 0.3 is 0 Å². The number of amides is 1. The van der Waals surface area contributed by atoms with E-state index in [4.69, 9.17) is 11.6 Å². The Morgan fingerprint density at radius 2 is 2.28 bits per heavy atom. The third kappa shape index (κ3) is 3.12. The quantitative estimate of drug-likeness (QED) is 0.849. The summed E-state index contributed by atoms with van der Waals surface area (Å²) in [4.78, 5) is 13.8. The Hall–Kier alpha value is -1.32. The molecule has 0 bridgehead atoms. The first kappa shape index (κ1) is 13.1. The predicted molar refractivity (Wildman–Crippen MR) is 74.5 cm³/mol. The van der Waals surface area contributed by atoms with Crippen LogP contribution in [0, 0.1) is 0 Å². The van der Waals surface area contributed by atoms with Crippen molar-refractivity contribution in [2.45, 2.75) is 12.5 Å². The van der Waals surface area contributed by atoms with Crippen LogP contribution in [0.25, 0.3) is 6.08 Å². The average Bonchev–Trinajstić information content (AvgIpc) is 2.90. The van der Waals surface area contributed by atoms with Crippen LogP contribution >= 0.6 is 11.6 Å². The van der Waals surface area contributed by atoms with E-state index in [0.717, 1.165) is 25.1 Å². The van der Waals surface area contributed by atoms with E-state index in [0.29, 0.717) is 11.1 Å². The Morgan fingerprint density at radius 3 is 2.94 bits per heavy atom. The summed E-state index contributed by atoms with van der Waals surface area (Å²) >= 11 is 6.03. The molecule has 1 atom stereocenters. The molecule has 0 radical (unpaired) electrons. The van der Waals surface area contributed by atoms with Crippen molar-refractivity contribution in [3.63, 3.8) is 0 Å². The van der Waals surface area contributed by atoms with E-state index < -0.39 is 0 Å². The molecule has 18 heavy (non-hydrogen) atoms. The highest BCUT2D eigenvalue weighted by atomic mass is 35.5. The van der Waals surface area contributed by atoms with E-state index in [1.807, 2.05) is 31.3 Å². The van der Waals surface area contributed by atoms with Crippen LogP contribution in [0.5, 0.6) is 0 Å². The normalized spacial score (nSPS) is 19.3. The lowest BCUT2D eigenvalue weighted by Gasteiger charge is -2.22. The molecule has 1 N–H and O–H groups in total. The molecule has 0 saturated carbocycles. The van der Waals surface area contributed by atoms with Gasteiger partial charge in [0.2, 0.25) is 5.91 Å². The molecule has 1 aliphatic heterocycles. The van der Waals surface area contributed by atoms with Crippen molar-refractivity contribution in [3.8, 4) is 0 Å². The summed E-state index contributed by atoms with van der Waals surface area (Å²) in [7, 11) is 1.84. The molecular formula is C14H17ClN2O. The highest BCUT2D eigenvalue weighted by molar-refractivity contribution is 6.32. The van der Waals surface area contributed by atoms with Crippen molar-refractivity contribution in [1.82, 2.24) is 10.2 Å². The minimum absolute atomic E-state index is 0.0172. The number of nitrogens with zero attached hydrogens (tertiary/aromatic N) is 1. The van der Waals surface area contributed by atoms with Gasteiger partial charge in [0.1, 0.15) is 0 Å². The molecule has 0 aliphatic carbocycles. The fourth-order valence-electron chi connectivity index (χ4n) is 2.04. The zero-order valence-corrected chi connectivity index (χ0v) is 11.2. The second-order valence-electron chi connectivity index (χ2n) is 4.45. The van der Waals surface area contributed by atoms with Crippen molar-refractivity contribution in [3.05, 3.63) is 40.9 Å². The topological polar surface area (TPSA) is 32.3 Å². The number of hydrogen-bond acceptors (Lipinski definition) is 2. The molecule has 3 nitrogen and oxygen atoms in total. The first-order chi connectivity index (χ1) is 8.68. The van der Waals surface area contributed by atoms with Crippen LogP contribution in [0.1, 0.15) is 12.0 Å². The van der Waals surface area contributed by atoms with Crippen molar-refractivity contribution in [1.29, 1.82) is 0 Å². The van der Waals surface area contributed by atoms with E-state index in [-0.39, 0.29) is 5.91 Å². The molecule has 1 saturated heterocycles. The number of likely N-dealkylation sites (N-methyl/N-ethyl adjacent to an activating group) is 1. The minimum atomic E-state index is 0.0172. The average molecular weight is 265 g/mol. The van der Waals surface area contributed by atoms with Crippen molar-refractivity contribution < 1.29 is 4.79 Å². The standard InChI is InChI=1S/C14H17ClN2O/c1-17(12-8-9-16-10-12)14(18)7-6-11-4-2-3-5-13(11)15/h2-7,12,16H,8-10H2,1H3/b7-6+. The maximum Gasteiger partial charge on any atom is 0.246 e. The highest BCUT2D eigenvalue weighted by Gasteiger charge is 2.21. The molecule has 1 fully saturated rings. The molecule has 2 rings (SSSR count). The van der Waals surface area contributed by atoms with E-state index >= 15 is 0 Å². The zero-order chi connectivity index (χ0) is 13.0. The first-order valence-electron chi connectivity index (χ1n) is 6.08. The number of nitrogens with one attached hydrogen (secondary N) is 1. The monoisotopic (exact) mass is 264 g/mol. The fraction of sp³-hybridized carbons (Fsp3) is 0.357. The summed E-state index contributed by atoms with van der Waals surface area (Å²) in [6.45, 7) is 1.86. The minimum Gasteiger partial charge on any atom is -0.338 e. The SMILES string of the molecule is CN(C(=O)/C=C/c1ccccc1Cl)C1CCNC1. The van der Waals surface area contributed by atoms with Crippen LogP contribution < -0.4 is 5.32 Å². The first-order valence-corrected chi connectivity index (χ1v) is 6.46. The van der Waals surface area contributed by atoms with Crippen LogP contribution in [0.2, 0.25) is 5.02 Å². The lowest BCUT2D eigenvalue weighted by molar-refractivity contribution is -0.126. The third-order valence-electron chi connectivity index (χ3n) is 3.24. The second-order valence-corrected chi connectivity index (χ2v) is 4.86. The molecule has 1 aromatic carbocycles. The third-order valence-corrected chi connectivity index (χ3v) is 3.58. The number of rotatable bonds is 3. The van der Waals surface area contributed by atoms with E-state index in [2.05, 4.69) is 5.32 Å². The number of carbonyl (C=O) groups excluding carboxylic acids is 1. The van der Waals surface area contributed by atoms with Crippen LogP contribution in [0.4, 0.5) is 0 Å². The summed E-state index contributed by atoms with van der Waals surface area (Å²) in [6.07, 6.45) is 4.37. The number of hydrogen-bond donors (Lipinski definition) is 1. The molecule has 1 amide bonds. The Balaban J connectivity index is 2.00. The maximum absolute atomic E-state index is 12.0. The van der Waals surface area contributed by atoms with Gasteiger partial charge < -0.3 is 10.2 Å². The van der Waals surface area contributed by atoms with Gasteiger partial charge in [0.15, 0.2) is 0 Å². The molecule has 1 aromatic rings. The predicted octanol–water partition coefficient (Wildman–Crippen LogP) is 2.17. The van der Waals surface area contributed by atoms with Gasteiger partial charge in [0, 0.05) is 30.7 Å². The lowest BCUT2D eigenvalue weighted by Crippen LogP contribution is -2.37. The smallest absolute Gasteiger partial charge is 0.246 e. The molecular weight excluding hydrogens is 248 g/mol. The summed E-state index contributed by atoms with van der Waals surface area (Å²) in [5.41, 5.74) is 0.866. The van der Waals surface area contributed by atoms with Crippen LogP contribution in [-0.4, -0.2) is 37.0 Å². The van der Waals surface area contributed by atoms with E-state index in [1.54, 1.807) is 17.1 Å². The molecule has 4 heteroatoms. The molecule has 96 valence electrons. The van der Waals surface area contributed by atoms with Gasteiger partial charge in [0.25, 0.3) is 0 Å². The fourth-order valence-corrected chi connectivity index (χ4v) is 2.24. The number of carbonyl (C=O) groups is 1. The van der Waals surface area contributed by atoms with E-state index in [9.17, 15) is 4.79 Å². The number of halogens is 1. The largest absolute Gasteiger partial charge is 0.338 e. The van der Waals surface area contributed by atoms with Gasteiger partial charge in [-0.05, 0) is 30.7 Å². The van der Waals surface area contributed by atoms with Crippen LogP contribution in [0.3, 0.4) is 0 Å². The lowest BCUT2D eigenvalue weighted by atomic mass is 10.2. The molecule has 0 spiro atoms. The Kier molecular flexibility index (Phi) is 4.39. The van der Waals surface area contributed by atoms with Crippen LogP contribution in [-0.2, 0) is 4.79 Å².